The van der Waals surface area contributed by atoms with E-state index in [2.05, 4.69) is 41.5 Å². The Hall–Kier alpha value is 1.16. The van der Waals surface area contributed by atoms with Crippen LogP contribution in [0.2, 0.25) is 36.3 Å². The molecule has 0 spiro atoms. The molecule has 0 unspecified atom stereocenters. The van der Waals surface area contributed by atoms with Gasteiger partial charge < -0.3 is 19.8 Å². The summed E-state index contributed by atoms with van der Waals surface area (Å²) in [6, 6.07) is 6.08. The molecule has 0 aromatic rings. The average molecular weight is 476 g/mol. The number of hydrogen-bond donors (Lipinski definition) is 4. The van der Waals surface area contributed by atoms with Crippen molar-refractivity contribution >= 4 is 16.6 Å². The second kappa shape index (κ2) is 27.4. The van der Waals surface area contributed by atoms with E-state index in [9.17, 15) is 9.59 Å². The molecule has 0 amide bonds. The van der Waals surface area contributed by atoms with E-state index < -0.39 is 16.6 Å². The Kier molecular flexibility index (Phi) is 40.5. The third kappa shape index (κ3) is 30.1. The summed E-state index contributed by atoms with van der Waals surface area (Å²) >= 11 is 0. The van der Waals surface area contributed by atoms with Crippen LogP contribution >= 0.6 is 0 Å². The number of hydrogen-bond acceptors (Lipinski definition) is 4. The maximum absolute atomic E-state index is 9.58. The average Bonchev–Trinajstić information content (AvgIpc) is 2.67. The van der Waals surface area contributed by atoms with Crippen LogP contribution in [0.3, 0.4) is 0 Å². The smallest absolute Gasteiger partial charge is 0.187 e. The Bertz CT molecular complexity index is 173. The van der Waals surface area contributed by atoms with Crippen LogP contribution in [-0.2, 0) is 26.2 Å². The Morgan fingerprint density at radius 1 is 0.480 bits per heavy atom. The summed E-state index contributed by atoms with van der Waals surface area (Å²) in [7, 11) is -3.34. The molecule has 4 nitrogen and oxygen atoms in total. The van der Waals surface area contributed by atoms with Crippen molar-refractivity contribution in [2.24, 2.45) is 0 Å². The van der Waals surface area contributed by atoms with Gasteiger partial charge in [-0.3, -0.25) is 0 Å². The van der Waals surface area contributed by atoms with Gasteiger partial charge in [0.15, 0.2) is 16.6 Å². The molecule has 0 fully saturated rings. The number of rotatable bonds is 8. The van der Waals surface area contributed by atoms with E-state index in [0.717, 1.165) is 49.1 Å². The molecular weight excluding hydrogens is 428 g/mol. The minimum Gasteiger partial charge on any atom is -0.432 e. The maximum Gasteiger partial charge on any atom is 0.187 e. The van der Waals surface area contributed by atoms with Crippen LogP contribution in [0, 0.1) is 0 Å². The molecule has 0 saturated heterocycles. The summed E-state index contributed by atoms with van der Waals surface area (Å²) in [5.74, 6) is 0. The second-order valence-electron chi connectivity index (χ2n) is 6.02. The molecule has 0 atom stereocenters. The fourth-order valence-corrected chi connectivity index (χ4v) is 4.50. The Morgan fingerprint density at radius 2 is 0.600 bits per heavy atom. The van der Waals surface area contributed by atoms with Gasteiger partial charge in [-0.1, -0.05) is 55.4 Å². The first-order valence-corrected chi connectivity index (χ1v) is 15.0. The molecular formula is C18H48O4Si2Zr. The zero-order valence-electron chi connectivity index (χ0n) is 18.4. The van der Waals surface area contributed by atoms with E-state index in [0.29, 0.717) is 13.2 Å². The number of aliphatic hydroxyl groups excluding tert-OH is 2. The largest absolute Gasteiger partial charge is 0.432 e. The van der Waals surface area contributed by atoms with Gasteiger partial charge in [-0.05, 0) is 49.1 Å². The van der Waals surface area contributed by atoms with Crippen molar-refractivity contribution in [1.82, 2.24) is 0 Å². The van der Waals surface area contributed by atoms with Gasteiger partial charge in [0.25, 0.3) is 0 Å². The first-order chi connectivity index (χ1) is 11.2. The monoisotopic (exact) mass is 474 g/mol. The van der Waals surface area contributed by atoms with Gasteiger partial charge in [0.05, 0.1) is 0 Å². The summed E-state index contributed by atoms with van der Waals surface area (Å²) in [5, 5.41) is 15.8. The molecule has 4 N–H and O–H groups in total. The van der Waals surface area contributed by atoms with Crippen LogP contribution in [0.5, 0.6) is 0 Å². The van der Waals surface area contributed by atoms with Gasteiger partial charge in [0.2, 0.25) is 0 Å². The van der Waals surface area contributed by atoms with Crippen LogP contribution in [0.1, 0.15) is 68.2 Å². The first kappa shape index (κ1) is 37.0. The normalized spacial score (nSPS) is 10.1. The SMILES string of the molecule is CCCO.CCCO.CC[Si](O)(CC)CC.CC[Si](O)(CC)CC.[Zr]. The third-order valence-electron chi connectivity index (χ3n) is 4.40. The van der Waals surface area contributed by atoms with Gasteiger partial charge in [0.1, 0.15) is 0 Å². The molecule has 25 heavy (non-hydrogen) atoms. The molecule has 156 valence electrons. The topological polar surface area (TPSA) is 80.9 Å². The predicted molar refractivity (Wildman–Crippen MR) is 114 cm³/mol. The zero-order chi connectivity index (χ0) is 20.1. The summed E-state index contributed by atoms with van der Waals surface area (Å²) < 4.78 is 0. The van der Waals surface area contributed by atoms with E-state index in [1.807, 2.05) is 13.8 Å². The predicted octanol–water partition coefficient (Wildman–Crippen LogP) is 4.74. The van der Waals surface area contributed by atoms with Crippen molar-refractivity contribution < 1.29 is 46.0 Å². The van der Waals surface area contributed by atoms with Gasteiger partial charge in [-0.2, -0.15) is 0 Å². The standard InChI is InChI=1S/2C6H16OSi.2C3H8O.Zr/c2*1-4-8(7,5-2)6-3;2*1-2-3-4;/h2*7H,4-6H2,1-3H3;2*4H,2-3H2,1H3;. The van der Waals surface area contributed by atoms with E-state index in [4.69, 9.17) is 10.2 Å². The van der Waals surface area contributed by atoms with Crippen molar-refractivity contribution in [3.05, 3.63) is 0 Å². The fraction of sp³-hybridized carbons (Fsp3) is 1.00. The molecule has 0 heterocycles. The maximum atomic E-state index is 9.58. The van der Waals surface area contributed by atoms with Crippen molar-refractivity contribution in [2.45, 2.75) is 104 Å². The molecule has 0 bridgehead atoms. The van der Waals surface area contributed by atoms with Gasteiger partial charge in [-0.25, -0.2) is 0 Å². The minimum atomic E-state index is -1.67. The van der Waals surface area contributed by atoms with E-state index in [1.165, 1.54) is 0 Å². The quantitative estimate of drug-likeness (QED) is 0.382. The van der Waals surface area contributed by atoms with Gasteiger partial charge >= 0.3 is 0 Å². The first-order valence-electron chi connectivity index (χ1n) is 9.86. The molecule has 0 aromatic heterocycles. The molecule has 0 saturated carbocycles. The molecule has 0 aromatic carbocycles. The number of aliphatic hydroxyl groups is 2. The van der Waals surface area contributed by atoms with Crippen molar-refractivity contribution in [3.8, 4) is 0 Å². The summed E-state index contributed by atoms with van der Waals surface area (Å²) in [5.41, 5.74) is 0. The van der Waals surface area contributed by atoms with Crippen LogP contribution in [0.4, 0.5) is 0 Å². The summed E-state index contributed by atoms with van der Waals surface area (Å²) in [6.07, 6.45) is 1.75. The summed E-state index contributed by atoms with van der Waals surface area (Å²) in [6.45, 7) is 17.0. The van der Waals surface area contributed by atoms with Crippen LogP contribution in [0.25, 0.3) is 0 Å². The van der Waals surface area contributed by atoms with Crippen molar-refractivity contribution in [1.29, 1.82) is 0 Å². The third-order valence-corrected chi connectivity index (χ3v) is 12.3. The minimum absolute atomic E-state index is 0. The Morgan fingerprint density at radius 3 is 0.600 bits per heavy atom. The van der Waals surface area contributed by atoms with Crippen LogP contribution < -0.4 is 0 Å². The van der Waals surface area contributed by atoms with E-state index >= 15 is 0 Å². The molecule has 0 radical (unpaired) electrons. The Labute approximate surface area is 179 Å². The zero-order valence-corrected chi connectivity index (χ0v) is 22.8. The van der Waals surface area contributed by atoms with Crippen LogP contribution in [0.15, 0.2) is 0 Å². The fourth-order valence-electron chi connectivity index (χ4n) is 1.50. The van der Waals surface area contributed by atoms with Crippen molar-refractivity contribution in [2.75, 3.05) is 13.2 Å². The van der Waals surface area contributed by atoms with Crippen molar-refractivity contribution in [3.63, 3.8) is 0 Å². The second-order valence-corrected chi connectivity index (χ2v) is 15.2. The van der Waals surface area contributed by atoms with Crippen LogP contribution in [-0.4, -0.2) is 49.7 Å². The molecule has 7 heteroatoms. The van der Waals surface area contributed by atoms with E-state index in [1.54, 1.807) is 0 Å². The molecule has 0 rings (SSSR count). The molecule has 0 aliphatic rings. The van der Waals surface area contributed by atoms with E-state index in [-0.39, 0.29) is 26.2 Å². The van der Waals surface area contributed by atoms with Gasteiger partial charge in [0, 0.05) is 39.4 Å². The summed E-state index contributed by atoms with van der Waals surface area (Å²) in [4.78, 5) is 19.2. The molecule has 0 aliphatic carbocycles. The Balaban J connectivity index is -0.0000000739. The van der Waals surface area contributed by atoms with Gasteiger partial charge in [-0.15, -0.1) is 0 Å². The molecule has 0 aliphatic heterocycles.